The first-order valence-corrected chi connectivity index (χ1v) is 8.58. The monoisotopic (exact) mass is 397 g/mol. The highest BCUT2D eigenvalue weighted by Gasteiger charge is 2.31. The molecule has 0 aliphatic heterocycles. The molecule has 1 aromatic carbocycles. The molecule has 0 aliphatic carbocycles. The van der Waals surface area contributed by atoms with Crippen LogP contribution >= 0.6 is 0 Å². The maximum Gasteiger partial charge on any atom is 0.416 e. The highest BCUT2D eigenvalue weighted by atomic mass is 19.4. The lowest BCUT2D eigenvalue weighted by atomic mass is 9.97. The largest absolute Gasteiger partial charge is 0.480 e. The van der Waals surface area contributed by atoms with Gasteiger partial charge in [-0.25, -0.2) is 0 Å². The number of aryl methyl sites for hydroxylation is 2. The van der Waals surface area contributed by atoms with Gasteiger partial charge in [0.15, 0.2) is 0 Å². The molecule has 1 amide bonds. The van der Waals surface area contributed by atoms with Gasteiger partial charge < -0.3 is 10.0 Å². The van der Waals surface area contributed by atoms with Gasteiger partial charge in [0.25, 0.3) is 0 Å². The van der Waals surface area contributed by atoms with E-state index in [0.717, 1.165) is 28.3 Å². The van der Waals surface area contributed by atoms with E-state index in [4.69, 9.17) is 5.11 Å². The van der Waals surface area contributed by atoms with Gasteiger partial charge in [0, 0.05) is 24.8 Å². The summed E-state index contributed by atoms with van der Waals surface area (Å²) < 4.78 is 39.8. The molecule has 2 rings (SSSR count). The van der Waals surface area contributed by atoms with Gasteiger partial charge in [-0.1, -0.05) is 12.1 Å². The number of carboxylic acids is 1. The molecular formula is C19H22F3N3O3. The third kappa shape index (κ3) is 4.71. The van der Waals surface area contributed by atoms with Crippen LogP contribution in [0.5, 0.6) is 0 Å². The lowest BCUT2D eigenvalue weighted by Gasteiger charge is -2.25. The third-order valence-electron chi connectivity index (χ3n) is 4.66. The molecule has 0 bridgehead atoms. The fraction of sp³-hybridized carbons (Fsp3) is 0.421. The SMILES string of the molecule is Cc1nn(C)c(C)c1C(C)C(=O)N(CC(=O)O)Cc1ccc(C(F)(F)F)cc1. The number of hydrogen-bond acceptors (Lipinski definition) is 3. The Balaban J connectivity index is 2.27. The minimum Gasteiger partial charge on any atom is -0.480 e. The van der Waals surface area contributed by atoms with Crippen molar-refractivity contribution < 1.29 is 27.9 Å². The van der Waals surface area contributed by atoms with Crippen LogP contribution in [0.25, 0.3) is 0 Å². The van der Waals surface area contributed by atoms with Crippen LogP contribution < -0.4 is 0 Å². The Labute approximate surface area is 160 Å². The van der Waals surface area contributed by atoms with E-state index < -0.39 is 36.1 Å². The van der Waals surface area contributed by atoms with Crippen LogP contribution in [0.2, 0.25) is 0 Å². The number of rotatable bonds is 6. The second-order valence-electron chi connectivity index (χ2n) is 6.71. The average molecular weight is 397 g/mol. The van der Waals surface area contributed by atoms with E-state index in [1.54, 1.807) is 25.6 Å². The zero-order chi connectivity index (χ0) is 21.2. The number of amides is 1. The molecule has 0 saturated heterocycles. The van der Waals surface area contributed by atoms with Gasteiger partial charge >= 0.3 is 12.1 Å². The van der Waals surface area contributed by atoms with Crippen molar-refractivity contribution in [1.82, 2.24) is 14.7 Å². The molecule has 1 N–H and O–H groups in total. The lowest BCUT2D eigenvalue weighted by molar-refractivity contribution is -0.145. The van der Waals surface area contributed by atoms with Crippen LogP contribution in [-0.2, 0) is 29.4 Å². The summed E-state index contributed by atoms with van der Waals surface area (Å²) in [7, 11) is 1.75. The summed E-state index contributed by atoms with van der Waals surface area (Å²) in [6.45, 7) is 4.59. The van der Waals surface area contributed by atoms with Gasteiger partial charge in [-0.05, 0) is 38.5 Å². The number of hydrogen-bond donors (Lipinski definition) is 1. The van der Waals surface area contributed by atoms with Gasteiger partial charge in [-0.15, -0.1) is 0 Å². The molecule has 1 atom stereocenters. The fourth-order valence-corrected chi connectivity index (χ4v) is 3.21. The highest BCUT2D eigenvalue weighted by molar-refractivity contribution is 5.86. The topological polar surface area (TPSA) is 75.4 Å². The molecule has 0 fully saturated rings. The van der Waals surface area contributed by atoms with Crippen molar-refractivity contribution in [3.8, 4) is 0 Å². The average Bonchev–Trinajstić information content (AvgIpc) is 2.84. The molecule has 1 heterocycles. The Bertz CT molecular complexity index is 873. The van der Waals surface area contributed by atoms with E-state index >= 15 is 0 Å². The second kappa shape index (κ2) is 8.04. The van der Waals surface area contributed by atoms with Gasteiger partial charge in [0.2, 0.25) is 5.91 Å². The predicted octanol–water partition coefficient (Wildman–Crippen LogP) is 3.27. The van der Waals surface area contributed by atoms with E-state index in [1.165, 1.54) is 12.1 Å². The smallest absolute Gasteiger partial charge is 0.416 e. The van der Waals surface area contributed by atoms with Crippen molar-refractivity contribution in [2.24, 2.45) is 7.05 Å². The van der Waals surface area contributed by atoms with Crippen molar-refractivity contribution in [3.05, 3.63) is 52.3 Å². The van der Waals surface area contributed by atoms with Crippen molar-refractivity contribution in [2.75, 3.05) is 6.54 Å². The van der Waals surface area contributed by atoms with Crippen LogP contribution in [-0.4, -0.2) is 38.2 Å². The normalized spacial score (nSPS) is 12.7. The third-order valence-corrected chi connectivity index (χ3v) is 4.66. The predicted molar refractivity (Wildman–Crippen MR) is 95.6 cm³/mol. The molecule has 0 spiro atoms. The van der Waals surface area contributed by atoms with E-state index in [-0.39, 0.29) is 6.54 Å². The minimum absolute atomic E-state index is 0.105. The summed E-state index contributed by atoms with van der Waals surface area (Å²) in [5.74, 6) is -2.27. The standard InChI is InChI=1S/C19H22F3N3O3/c1-11(17-12(2)23-24(4)13(17)3)18(28)25(10-16(26)27)9-14-5-7-15(8-6-14)19(20,21)22/h5-8,11H,9-10H2,1-4H3,(H,26,27). The number of benzene rings is 1. The van der Waals surface area contributed by atoms with Crippen molar-refractivity contribution >= 4 is 11.9 Å². The summed E-state index contributed by atoms with van der Waals surface area (Å²) in [6, 6.07) is 4.32. The van der Waals surface area contributed by atoms with Crippen LogP contribution in [0, 0.1) is 13.8 Å². The fourth-order valence-electron chi connectivity index (χ4n) is 3.21. The van der Waals surface area contributed by atoms with E-state index in [9.17, 15) is 22.8 Å². The molecular weight excluding hydrogens is 375 g/mol. The van der Waals surface area contributed by atoms with Gasteiger partial charge in [-0.2, -0.15) is 18.3 Å². The number of carboxylic acid groups (broad SMARTS) is 1. The van der Waals surface area contributed by atoms with E-state index in [2.05, 4.69) is 5.10 Å². The van der Waals surface area contributed by atoms with Gasteiger partial charge in [0.05, 0.1) is 17.2 Å². The Hall–Kier alpha value is -2.84. The zero-order valence-corrected chi connectivity index (χ0v) is 16.0. The first kappa shape index (κ1) is 21.5. The molecule has 1 aromatic heterocycles. The molecule has 0 saturated carbocycles. The summed E-state index contributed by atoms with van der Waals surface area (Å²) in [4.78, 5) is 25.3. The lowest BCUT2D eigenvalue weighted by Crippen LogP contribution is -2.38. The van der Waals surface area contributed by atoms with Gasteiger partial charge in [0.1, 0.15) is 6.54 Å². The second-order valence-corrected chi connectivity index (χ2v) is 6.71. The number of carbonyl (C=O) groups is 2. The quantitative estimate of drug-likeness (QED) is 0.812. The Morgan fingerprint density at radius 1 is 1.21 bits per heavy atom. The Morgan fingerprint density at radius 2 is 1.79 bits per heavy atom. The molecule has 0 radical (unpaired) electrons. The molecule has 2 aromatic rings. The van der Waals surface area contributed by atoms with Gasteiger partial charge in [-0.3, -0.25) is 14.3 Å². The first-order valence-electron chi connectivity index (χ1n) is 8.58. The molecule has 0 aliphatic rings. The highest BCUT2D eigenvalue weighted by Crippen LogP contribution is 2.30. The van der Waals surface area contributed by atoms with E-state index in [0.29, 0.717) is 11.3 Å². The Kier molecular flexibility index (Phi) is 6.16. The van der Waals surface area contributed by atoms with Crippen molar-refractivity contribution in [3.63, 3.8) is 0 Å². The number of alkyl halides is 3. The zero-order valence-electron chi connectivity index (χ0n) is 16.0. The first-order chi connectivity index (χ1) is 12.9. The maximum absolute atomic E-state index is 13.0. The van der Waals surface area contributed by atoms with Crippen LogP contribution in [0.4, 0.5) is 13.2 Å². The maximum atomic E-state index is 13.0. The van der Waals surface area contributed by atoms with Crippen LogP contribution in [0.3, 0.4) is 0 Å². The summed E-state index contributed by atoms with van der Waals surface area (Å²) in [5.41, 5.74) is 1.79. The van der Waals surface area contributed by atoms with Crippen molar-refractivity contribution in [2.45, 2.75) is 39.4 Å². The summed E-state index contributed by atoms with van der Waals surface area (Å²) in [6.07, 6.45) is -4.46. The summed E-state index contributed by atoms with van der Waals surface area (Å²) in [5, 5.41) is 13.4. The number of carbonyl (C=O) groups excluding carboxylic acids is 1. The molecule has 9 heteroatoms. The number of halogens is 3. The number of aromatic nitrogens is 2. The molecule has 6 nitrogen and oxygen atoms in total. The molecule has 152 valence electrons. The summed E-state index contributed by atoms with van der Waals surface area (Å²) >= 11 is 0. The molecule has 28 heavy (non-hydrogen) atoms. The van der Waals surface area contributed by atoms with Crippen LogP contribution in [0.15, 0.2) is 24.3 Å². The number of nitrogens with zero attached hydrogens (tertiary/aromatic N) is 3. The number of aliphatic carboxylic acids is 1. The molecule has 1 unspecified atom stereocenters. The minimum atomic E-state index is -4.46. The van der Waals surface area contributed by atoms with Crippen LogP contribution in [0.1, 0.15) is 40.9 Å². The van der Waals surface area contributed by atoms with E-state index in [1.807, 2.05) is 6.92 Å². The Morgan fingerprint density at radius 3 is 2.21 bits per heavy atom. The van der Waals surface area contributed by atoms with Crippen molar-refractivity contribution in [1.29, 1.82) is 0 Å².